The zero-order chi connectivity index (χ0) is 13.0. The number of rotatable bonds is 5. The van der Waals surface area contributed by atoms with Crippen LogP contribution in [-0.4, -0.2) is 39.7 Å². The third kappa shape index (κ3) is 6.76. The smallest absolute Gasteiger partial charge is 0.237 e. The van der Waals surface area contributed by atoms with Crippen molar-refractivity contribution in [2.75, 3.05) is 19.3 Å². The Bertz CT molecular complexity index is 332. The van der Waals surface area contributed by atoms with Crippen molar-refractivity contribution >= 4 is 15.9 Å². The Balaban J connectivity index is 3.92. The number of amides is 1. The van der Waals surface area contributed by atoms with E-state index in [4.69, 9.17) is 5.73 Å². The van der Waals surface area contributed by atoms with Crippen molar-refractivity contribution < 1.29 is 13.2 Å². The highest BCUT2D eigenvalue weighted by Gasteiger charge is 2.26. The summed E-state index contributed by atoms with van der Waals surface area (Å²) in [6.45, 7) is 6.00. The van der Waals surface area contributed by atoms with E-state index >= 15 is 0 Å². The first-order valence-corrected chi connectivity index (χ1v) is 6.91. The summed E-state index contributed by atoms with van der Waals surface area (Å²) < 4.78 is 23.7. The van der Waals surface area contributed by atoms with E-state index in [-0.39, 0.29) is 24.4 Å². The van der Waals surface area contributed by atoms with Gasteiger partial charge in [-0.25, -0.2) is 13.1 Å². The Morgan fingerprint density at radius 2 is 1.81 bits per heavy atom. The van der Waals surface area contributed by atoms with Crippen molar-refractivity contribution in [1.29, 1.82) is 0 Å². The Labute approximate surface area is 97.0 Å². The fourth-order valence-electron chi connectivity index (χ4n) is 0.925. The van der Waals surface area contributed by atoms with Crippen LogP contribution in [0.4, 0.5) is 0 Å². The van der Waals surface area contributed by atoms with Gasteiger partial charge in [0.2, 0.25) is 15.9 Å². The van der Waals surface area contributed by atoms with Gasteiger partial charge in [-0.15, -0.1) is 0 Å². The number of carbonyl (C=O) groups is 1. The van der Waals surface area contributed by atoms with Gasteiger partial charge < -0.3 is 11.1 Å². The molecule has 0 spiro atoms. The maximum Gasteiger partial charge on any atom is 0.237 e. The largest absolute Gasteiger partial charge is 0.353 e. The quantitative estimate of drug-likeness (QED) is 0.547. The molecule has 1 atom stereocenters. The minimum absolute atomic E-state index is 0.168. The molecule has 0 aromatic rings. The molecule has 6 nitrogen and oxygen atoms in total. The van der Waals surface area contributed by atoms with Crippen LogP contribution in [0, 0.1) is 5.41 Å². The second-order valence-corrected chi connectivity index (χ2v) is 6.63. The molecule has 7 heteroatoms. The van der Waals surface area contributed by atoms with Crippen molar-refractivity contribution in [1.82, 2.24) is 10.0 Å². The van der Waals surface area contributed by atoms with E-state index in [0.29, 0.717) is 0 Å². The summed E-state index contributed by atoms with van der Waals surface area (Å²) in [6, 6.07) is -0.606. The Kier molecular flexibility index (Phi) is 5.37. The molecule has 0 aromatic carbocycles. The number of carbonyl (C=O) groups excluding carboxylic acids is 1. The van der Waals surface area contributed by atoms with Gasteiger partial charge in [-0.05, 0) is 5.41 Å². The fraction of sp³-hybridized carbons (Fsp3) is 0.889. The molecule has 0 heterocycles. The molecule has 0 saturated heterocycles. The highest BCUT2D eigenvalue weighted by Crippen LogP contribution is 2.16. The van der Waals surface area contributed by atoms with E-state index in [1.54, 1.807) is 0 Å². The first-order chi connectivity index (χ1) is 7.04. The van der Waals surface area contributed by atoms with E-state index in [2.05, 4.69) is 10.0 Å². The second kappa shape index (κ2) is 5.60. The van der Waals surface area contributed by atoms with Crippen molar-refractivity contribution in [3.63, 3.8) is 0 Å². The lowest BCUT2D eigenvalue weighted by atomic mass is 9.87. The van der Waals surface area contributed by atoms with E-state index in [9.17, 15) is 13.2 Å². The molecule has 0 fully saturated rings. The molecule has 16 heavy (non-hydrogen) atoms. The predicted molar refractivity (Wildman–Crippen MR) is 63.3 cm³/mol. The zero-order valence-electron chi connectivity index (χ0n) is 10.2. The molecule has 0 bridgehead atoms. The molecule has 0 unspecified atom stereocenters. The van der Waals surface area contributed by atoms with Crippen LogP contribution in [0.2, 0.25) is 0 Å². The minimum Gasteiger partial charge on any atom is -0.353 e. The molecule has 0 aliphatic heterocycles. The average molecular weight is 251 g/mol. The van der Waals surface area contributed by atoms with Crippen molar-refractivity contribution in [3.8, 4) is 0 Å². The molecule has 0 aliphatic rings. The lowest BCUT2D eigenvalue weighted by Gasteiger charge is -2.25. The first kappa shape index (κ1) is 15.3. The summed E-state index contributed by atoms with van der Waals surface area (Å²) in [5.41, 5.74) is 5.40. The maximum atomic E-state index is 11.5. The monoisotopic (exact) mass is 251 g/mol. The van der Waals surface area contributed by atoms with Crippen LogP contribution in [0.25, 0.3) is 0 Å². The molecule has 96 valence electrons. The molecule has 0 aromatic heterocycles. The van der Waals surface area contributed by atoms with Crippen LogP contribution >= 0.6 is 0 Å². The molecular weight excluding hydrogens is 230 g/mol. The minimum atomic E-state index is -3.20. The highest BCUT2D eigenvalue weighted by atomic mass is 32.2. The van der Waals surface area contributed by atoms with Crippen LogP contribution in [-0.2, 0) is 14.8 Å². The number of hydrogen-bond donors (Lipinski definition) is 3. The summed E-state index contributed by atoms with van der Waals surface area (Å²) in [5, 5.41) is 2.57. The van der Waals surface area contributed by atoms with E-state index in [1.165, 1.54) is 0 Å². The van der Waals surface area contributed by atoms with Gasteiger partial charge in [0.1, 0.15) is 0 Å². The molecule has 0 radical (unpaired) electrons. The fourth-order valence-corrected chi connectivity index (χ4v) is 1.40. The highest BCUT2D eigenvalue weighted by molar-refractivity contribution is 7.88. The average Bonchev–Trinajstić information content (AvgIpc) is 2.07. The van der Waals surface area contributed by atoms with Crippen molar-refractivity contribution in [2.45, 2.75) is 26.8 Å². The Morgan fingerprint density at radius 3 is 2.19 bits per heavy atom. The summed E-state index contributed by atoms with van der Waals surface area (Å²) in [5.74, 6) is -0.275. The molecule has 4 N–H and O–H groups in total. The predicted octanol–water partition coefficient (Wildman–Crippen LogP) is -0.975. The third-order valence-electron chi connectivity index (χ3n) is 2.00. The van der Waals surface area contributed by atoms with Crippen molar-refractivity contribution in [2.24, 2.45) is 11.1 Å². The summed E-state index contributed by atoms with van der Waals surface area (Å²) in [6.07, 6.45) is 1.07. The molecule has 0 rings (SSSR count). The molecule has 0 aliphatic carbocycles. The van der Waals surface area contributed by atoms with E-state index in [0.717, 1.165) is 6.26 Å². The van der Waals surface area contributed by atoms with E-state index in [1.807, 2.05) is 20.8 Å². The van der Waals surface area contributed by atoms with Crippen LogP contribution in [0.1, 0.15) is 20.8 Å². The summed E-state index contributed by atoms with van der Waals surface area (Å²) in [7, 11) is -3.20. The Morgan fingerprint density at radius 1 is 1.31 bits per heavy atom. The van der Waals surface area contributed by atoms with Crippen LogP contribution in [0.15, 0.2) is 0 Å². The van der Waals surface area contributed by atoms with Gasteiger partial charge in [-0.1, -0.05) is 20.8 Å². The topological polar surface area (TPSA) is 101 Å². The van der Waals surface area contributed by atoms with Gasteiger partial charge in [0.25, 0.3) is 0 Å². The van der Waals surface area contributed by atoms with Gasteiger partial charge >= 0.3 is 0 Å². The normalized spacial score (nSPS) is 14.6. The number of sulfonamides is 1. The zero-order valence-corrected chi connectivity index (χ0v) is 11.0. The van der Waals surface area contributed by atoms with Gasteiger partial charge in [0.15, 0.2) is 0 Å². The SMILES string of the molecule is CC(C)(C)[C@H](N)C(=O)NCCNS(C)(=O)=O. The number of nitrogens with two attached hydrogens (primary N) is 1. The summed E-state index contributed by atoms with van der Waals surface area (Å²) in [4.78, 5) is 11.5. The van der Waals surface area contributed by atoms with Gasteiger partial charge in [-0.2, -0.15) is 0 Å². The number of nitrogens with one attached hydrogen (secondary N) is 2. The molecule has 0 saturated carbocycles. The van der Waals surface area contributed by atoms with Crippen LogP contribution < -0.4 is 15.8 Å². The standard InChI is InChI=1S/C9H21N3O3S/c1-9(2,3)7(10)8(13)11-5-6-12-16(4,14)15/h7,12H,5-6,10H2,1-4H3,(H,11,13)/t7-/m1/s1. The molecular formula is C9H21N3O3S. The first-order valence-electron chi connectivity index (χ1n) is 5.02. The van der Waals surface area contributed by atoms with Gasteiger partial charge in [0, 0.05) is 13.1 Å². The second-order valence-electron chi connectivity index (χ2n) is 4.80. The van der Waals surface area contributed by atoms with Crippen LogP contribution in [0.5, 0.6) is 0 Å². The third-order valence-corrected chi connectivity index (χ3v) is 2.73. The lowest BCUT2D eigenvalue weighted by Crippen LogP contribution is -2.49. The molecule has 1 amide bonds. The Hall–Kier alpha value is -0.660. The summed E-state index contributed by atoms with van der Waals surface area (Å²) >= 11 is 0. The maximum absolute atomic E-state index is 11.5. The van der Waals surface area contributed by atoms with Gasteiger partial charge in [-0.3, -0.25) is 4.79 Å². The van der Waals surface area contributed by atoms with E-state index < -0.39 is 16.1 Å². The number of hydrogen-bond acceptors (Lipinski definition) is 4. The van der Waals surface area contributed by atoms with Crippen molar-refractivity contribution in [3.05, 3.63) is 0 Å². The van der Waals surface area contributed by atoms with Gasteiger partial charge in [0.05, 0.1) is 12.3 Å². The lowest BCUT2D eigenvalue weighted by molar-refractivity contribution is -0.124. The van der Waals surface area contributed by atoms with Crippen LogP contribution in [0.3, 0.4) is 0 Å².